The first-order chi connectivity index (χ1) is 11.0. The molecule has 3 rings (SSSR count). The van der Waals surface area contributed by atoms with Crippen molar-refractivity contribution in [2.75, 3.05) is 0 Å². The molecule has 0 aliphatic heterocycles. The Hall–Kier alpha value is -2.93. The number of allylic oxidation sites excluding steroid dienone is 5. The van der Waals surface area contributed by atoms with Crippen molar-refractivity contribution in [2.45, 2.75) is 4.90 Å². The maximum Gasteiger partial charge on any atom is 0.285 e. The summed E-state index contributed by atoms with van der Waals surface area (Å²) < 4.78 is 28.7. The van der Waals surface area contributed by atoms with E-state index >= 15 is 0 Å². The molecular weight excluding hydrogens is 316 g/mol. The fourth-order valence-corrected chi connectivity index (χ4v) is 3.29. The molecule has 116 valence electrons. The first-order valence-corrected chi connectivity index (χ1v) is 8.04. The molecular formula is C16H10N2O4S-2. The number of fused-ring (bicyclic) bond motifs is 1. The van der Waals surface area contributed by atoms with Crippen LogP contribution in [-0.2, 0) is 10.0 Å². The van der Waals surface area contributed by atoms with Crippen LogP contribution in [0.2, 0.25) is 0 Å². The molecule has 2 aromatic rings. The molecule has 7 heteroatoms. The Morgan fingerprint density at radius 3 is 2.39 bits per heavy atom. The lowest BCUT2D eigenvalue weighted by Crippen LogP contribution is -2.20. The minimum absolute atomic E-state index is 0.000391. The van der Waals surface area contributed by atoms with E-state index in [4.69, 9.17) is 0 Å². The van der Waals surface area contributed by atoms with E-state index in [2.05, 4.69) is 9.38 Å². The summed E-state index contributed by atoms with van der Waals surface area (Å²) in [6.07, 6.45) is 6.61. The summed E-state index contributed by atoms with van der Waals surface area (Å²) in [7, 11) is -3.97. The van der Waals surface area contributed by atoms with E-state index in [1.807, 2.05) is 0 Å². The van der Waals surface area contributed by atoms with Gasteiger partial charge in [-0.15, -0.1) is 0 Å². The molecule has 1 aromatic carbocycles. The van der Waals surface area contributed by atoms with Gasteiger partial charge in [-0.25, -0.2) is 0 Å². The zero-order valence-electron chi connectivity index (χ0n) is 11.7. The molecule has 23 heavy (non-hydrogen) atoms. The van der Waals surface area contributed by atoms with Crippen molar-refractivity contribution in [3.8, 4) is 0 Å². The fraction of sp³-hybridized carbons (Fsp3) is 0. The lowest BCUT2D eigenvalue weighted by molar-refractivity contribution is -0.514. The Labute approximate surface area is 132 Å². The van der Waals surface area contributed by atoms with E-state index in [-0.39, 0.29) is 16.2 Å². The van der Waals surface area contributed by atoms with Crippen LogP contribution in [0.1, 0.15) is 0 Å². The maximum atomic E-state index is 12.5. The van der Waals surface area contributed by atoms with Crippen molar-refractivity contribution in [3.63, 3.8) is 0 Å². The average molecular weight is 326 g/mol. The number of sulfonamides is 1. The van der Waals surface area contributed by atoms with Crippen LogP contribution in [0, 0.1) is 0 Å². The lowest BCUT2D eigenvalue weighted by Gasteiger charge is -2.21. The smallest absolute Gasteiger partial charge is 0.285 e. The molecule has 0 N–H and O–H groups in total. The molecule has 0 fully saturated rings. The number of hydrogen-bond acceptors (Lipinski definition) is 5. The van der Waals surface area contributed by atoms with Crippen LogP contribution < -0.4 is 10.2 Å². The van der Waals surface area contributed by atoms with Gasteiger partial charge in [0.1, 0.15) is 4.90 Å². The summed E-state index contributed by atoms with van der Waals surface area (Å²) in [6, 6.07) is 8.29. The molecule has 1 heterocycles. The van der Waals surface area contributed by atoms with Gasteiger partial charge < -0.3 is 10.2 Å². The summed E-state index contributed by atoms with van der Waals surface area (Å²) in [5.41, 5.74) is 0.418. The van der Waals surface area contributed by atoms with Crippen molar-refractivity contribution in [1.82, 2.24) is 4.98 Å². The van der Waals surface area contributed by atoms with Gasteiger partial charge in [0.2, 0.25) is 0 Å². The number of pyridine rings is 1. The Kier molecular flexibility index (Phi) is 3.71. The van der Waals surface area contributed by atoms with Crippen LogP contribution >= 0.6 is 0 Å². The third-order valence-electron chi connectivity index (χ3n) is 3.20. The Morgan fingerprint density at radius 2 is 1.70 bits per heavy atom. The second-order valence-electron chi connectivity index (χ2n) is 4.73. The lowest BCUT2D eigenvalue weighted by atomic mass is 10.1. The van der Waals surface area contributed by atoms with Crippen molar-refractivity contribution < 1.29 is 18.6 Å². The summed E-state index contributed by atoms with van der Waals surface area (Å²) in [5, 5.41) is 22.1. The van der Waals surface area contributed by atoms with Crippen LogP contribution in [0.25, 0.3) is 10.9 Å². The van der Waals surface area contributed by atoms with Crippen molar-refractivity contribution in [3.05, 3.63) is 72.4 Å². The minimum Gasteiger partial charge on any atom is -0.884 e. The molecule has 0 atom stereocenters. The summed E-state index contributed by atoms with van der Waals surface area (Å²) >= 11 is 0. The van der Waals surface area contributed by atoms with Crippen molar-refractivity contribution in [2.24, 2.45) is 4.40 Å². The van der Waals surface area contributed by atoms with E-state index in [0.717, 1.165) is 0 Å². The summed E-state index contributed by atoms with van der Waals surface area (Å²) in [4.78, 5) is 4.10. The molecule has 0 saturated heterocycles. The first kappa shape index (κ1) is 15.0. The summed E-state index contributed by atoms with van der Waals surface area (Å²) in [6.45, 7) is 0. The van der Waals surface area contributed by atoms with Gasteiger partial charge in [-0.2, -0.15) is 18.8 Å². The zero-order valence-corrected chi connectivity index (χ0v) is 12.5. The molecule has 0 bridgehead atoms. The Morgan fingerprint density at radius 1 is 1.00 bits per heavy atom. The van der Waals surface area contributed by atoms with Gasteiger partial charge in [0.05, 0.1) is 11.2 Å². The second-order valence-corrected chi connectivity index (χ2v) is 6.30. The third kappa shape index (κ3) is 3.00. The minimum atomic E-state index is -3.97. The molecule has 0 amide bonds. The summed E-state index contributed by atoms with van der Waals surface area (Å²) in [5.74, 6) is -1.34. The largest absolute Gasteiger partial charge is 0.884 e. The number of aromatic nitrogens is 1. The van der Waals surface area contributed by atoms with E-state index in [1.165, 1.54) is 36.6 Å². The van der Waals surface area contributed by atoms with Gasteiger partial charge in [0.15, 0.2) is 0 Å². The van der Waals surface area contributed by atoms with Gasteiger partial charge in [0.25, 0.3) is 10.0 Å². The van der Waals surface area contributed by atoms with Crippen molar-refractivity contribution in [1.29, 1.82) is 0 Å². The van der Waals surface area contributed by atoms with E-state index < -0.39 is 16.0 Å². The van der Waals surface area contributed by atoms with Crippen molar-refractivity contribution >= 4 is 26.6 Å². The Balaban J connectivity index is 2.06. The molecule has 1 aliphatic rings. The quantitative estimate of drug-likeness (QED) is 0.744. The number of benzene rings is 1. The highest BCUT2D eigenvalue weighted by molar-refractivity contribution is 7.90. The molecule has 0 spiro atoms. The number of rotatable bonds is 2. The molecule has 1 aromatic heterocycles. The van der Waals surface area contributed by atoms with Gasteiger partial charge in [-0.1, -0.05) is 30.4 Å². The standard InChI is InChI=1S/C16H12N2O4S/c19-16(20)12-6-8-13(9-7-12)18-23(21,22)14-5-1-3-11-4-2-10-17-15(11)14/h1-10,19-20H/p-2. The molecule has 1 aliphatic carbocycles. The predicted octanol–water partition coefficient (Wildman–Crippen LogP) is 0.423. The predicted molar refractivity (Wildman–Crippen MR) is 81.7 cm³/mol. The molecule has 6 nitrogen and oxygen atoms in total. The van der Waals surface area contributed by atoms with Gasteiger partial charge in [-0.3, -0.25) is 4.98 Å². The van der Waals surface area contributed by atoms with Crippen LogP contribution in [-0.4, -0.2) is 19.1 Å². The molecule has 0 saturated carbocycles. The third-order valence-corrected chi connectivity index (χ3v) is 4.54. The first-order valence-electron chi connectivity index (χ1n) is 6.60. The second kappa shape index (κ2) is 5.69. The number of para-hydroxylation sites is 1. The normalized spacial score (nSPS) is 14.3. The topological polar surface area (TPSA) is 106 Å². The Bertz CT molecular complexity index is 974. The van der Waals surface area contributed by atoms with Crippen LogP contribution in [0.5, 0.6) is 0 Å². The van der Waals surface area contributed by atoms with Crippen LogP contribution in [0.15, 0.2) is 81.6 Å². The van der Waals surface area contributed by atoms with Gasteiger partial charge in [0, 0.05) is 11.6 Å². The maximum absolute atomic E-state index is 12.5. The zero-order chi connectivity index (χ0) is 16.4. The van der Waals surface area contributed by atoms with Gasteiger partial charge >= 0.3 is 0 Å². The molecule has 0 unspecified atom stereocenters. The van der Waals surface area contributed by atoms with Gasteiger partial charge in [-0.05, 0) is 29.9 Å². The van der Waals surface area contributed by atoms with E-state index in [9.17, 15) is 18.6 Å². The number of hydrogen-bond donors (Lipinski definition) is 0. The van der Waals surface area contributed by atoms with Crippen LogP contribution in [0.4, 0.5) is 0 Å². The van der Waals surface area contributed by atoms with E-state index in [1.54, 1.807) is 24.3 Å². The van der Waals surface area contributed by atoms with Crippen LogP contribution in [0.3, 0.4) is 0 Å². The monoisotopic (exact) mass is 326 g/mol. The highest BCUT2D eigenvalue weighted by Crippen LogP contribution is 2.23. The molecule has 0 radical (unpaired) electrons. The highest BCUT2D eigenvalue weighted by atomic mass is 32.2. The fourth-order valence-electron chi connectivity index (χ4n) is 2.13. The van der Waals surface area contributed by atoms with E-state index in [0.29, 0.717) is 10.9 Å². The highest BCUT2D eigenvalue weighted by Gasteiger charge is 2.17. The average Bonchev–Trinajstić information content (AvgIpc) is 2.54. The SMILES string of the molecule is O=S(=O)(N=C1C=CC(=C([O-])[O-])C=C1)c1cccc2cccnc12. The number of nitrogens with zero attached hydrogens (tertiary/aromatic N) is 2.